The first-order chi connectivity index (χ1) is 11.0. The molecule has 132 valence electrons. The van der Waals surface area contributed by atoms with Crippen molar-refractivity contribution in [2.24, 2.45) is 5.92 Å². The van der Waals surface area contributed by atoms with Gasteiger partial charge in [-0.05, 0) is 38.1 Å². The fourth-order valence-corrected chi connectivity index (χ4v) is 2.68. The van der Waals surface area contributed by atoms with Gasteiger partial charge in [0.15, 0.2) is 0 Å². The zero-order chi connectivity index (χ0) is 17.2. The van der Waals surface area contributed by atoms with Crippen LogP contribution < -0.4 is 0 Å². The minimum atomic E-state index is -1.10. The maximum absolute atomic E-state index is 11.5. The van der Waals surface area contributed by atoms with Crippen LogP contribution >= 0.6 is 0 Å². The standard InChI is InChI=1S/C17H29NO5/c1-3-13(2)12-15(17(21)22)14(16(19)20)6-4-5-7-18-8-10-23-11-9-18/h13H,3-12H2,1-2H3,(H,19,20)(H,21,22)/b15-14+. The average molecular weight is 327 g/mol. The number of aliphatic carboxylic acids is 2. The van der Waals surface area contributed by atoms with Crippen molar-refractivity contribution < 1.29 is 24.5 Å². The van der Waals surface area contributed by atoms with Crippen molar-refractivity contribution in [3.05, 3.63) is 11.1 Å². The van der Waals surface area contributed by atoms with Gasteiger partial charge in [-0.1, -0.05) is 20.3 Å². The molecule has 0 spiro atoms. The summed E-state index contributed by atoms with van der Waals surface area (Å²) in [6, 6.07) is 0. The number of rotatable bonds is 10. The average Bonchev–Trinajstić information content (AvgIpc) is 2.53. The summed E-state index contributed by atoms with van der Waals surface area (Å²) in [6.07, 6.45) is 3.03. The molecule has 1 heterocycles. The highest BCUT2D eigenvalue weighted by Gasteiger charge is 2.21. The largest absolute Gasteiger partial charge is 0.478 e. The van der Waals surface area contributed by atoms with E-state index in [1.54, 1.807) is 0 Å². The lowest BCUT2D eigenvalue weighted by Gasteiger charge is -2.26. The van der Waals surface area contributed by atoms with Gasteiger partial charge in [0.25, 0.3) is 0 Å². The van der Waals surface area contributed by atoms with Crippen molar-refractivity contribution in [2.45, 2.75) is 46.0 Å². The number of hydrogen-bond acceptors (Lipinski definition) is 4. The van der Waals surface area contributed by atoms with Crippen LogP contribution in [0.25, 0.3) is 0 Å². The highest BCUT2D eigenvalue weighted by atomic mass is 16.5. The SMILES string of the molecule is CCC(C)C/C(C(=O)O)=C(/CCCCN1CCOCC1)C(=O)O. The van der Waals surface area contributed by atoms with Crippen LogP contribution in [0.2, 0.25) is 0 Å². The number of carboxylic acids is 2. The van der Waals surface area contributed by atoms with E-state index in [1.165, 1.54) is 0 Å². The van der Waals surface area contributed by atoms with Gasteiger partial charge in [-0.25, -0.2) is 9.59 Å². The zero-order valence-corrected chi connectivity index (χ0v) is 14.2. The zero-order valence-electron chi connectivity index (χ0n) is 14.2. The van der Waals surface area contributed by atoms with Crippen LogP contribution in [0.3, 0.4) is 0 Å². The summed E-state index contributed by atoms with van der Waals surface area (Å²) in [5, 5.41) is 18.7. The summed E-state index contributed by atoms with van der Waals surface area (Å²) < 4.78 is 5.29. The smallest absolute Gasteiger partial charge is 0.332 e. The molecule has 0 aromatic heterocycles. The monoisotopic (exact) mass is 327 g/mol. The molecule has 2 N–H and O–H groups in total. The number of hydrogen-bond donors (Lipinski definition) is 2. The van der Waals surface area contributed by atoms with Crippen LogP contribution in [0.15, 0.2) is 11.1 Å². The van der Waals surface area contributed by atoms with Gasteiger partial charge >= 0.3 is 11.9 Å². The maximum Gasteiger partial charge on any atom is 0.332 e. The highest BCUT2D eigenvalue weighted by Crippen LogP contribution is 2.22. The molecule has 23 heavy (non-hydrogen) atoms. The van der Waals surface area contributed by atoms with Gasteiger partial charge in [0.1, 0.15) is 0 Å². The van der Waals surface area contributed by atoms with Gasteiger partial charge < -0.3 is 14.9 Å². The lowest BCUT2D eigenvalue weighted by atomic mass is 9.93. The van der Waals surface area contributed by atoms with E-state index in [0.717, 1.165) is 45.7 Å². The van der Waals surface area contributed by atoms with Crippen molar-refractivity contribution in [3.63, 3.8) is 0 Å². The minimum Gasteiger partial charge on any atom is -0.478 e. The molecule has 0 aliphatic carbocycles. The third-order valence-corrected chi connectivity index (χ3v) is 4.38. The van der Waals surface area contributed by atoms with Crippen LogP contribution in [-0.2, 0) is 14.3 Å². The summed E-state index contributed by atoms with van der Waals surface area (Å²) in [6.45, 7) is 8.15. The Morgan fingerprint density at radius 1 is 1.09 bits per heavy atom. The van der Waals surface area contributed by atoms with E-state index in [-0.39, 0.29) is 17.1 Å². The summed E-state index contributed by atoms with van der Waals surface area (Å²) in [7, 11) is 0. The predicted octanol–water partition coefficient (Wildman–Crippen LogP) is 2.39. The van der Waals surface area contributed by atoms with Gasteiger partial charge in [-0.15, -0.1) is 0 Å². The quantitative estimate of drug-likeness (QED) is 0.473. The maximum atomic E-state index is 11.5. The molecule has 0 aromatic carbocycles. The second-order valence-corrected chi connectivity index (χ2v) is 6.20. The Labute approximate surface area is 138 Å². The lowest BCUT2D eigenvalue weighted by Crippen LogP contribution is -2.36. The molecule has 6 nitrogen and oxygen atoms in total. The van der Waals surface area contributed by atoms with E-state index < -0.39 is 11.9 Å². The first-order valence-corrected chi connectivity index (χ1v) is 8.44. The Bertz CT molecular complexity index is 427. The van der Waals surface area contributed by atoms with E-state index >= 15 is 0 Å². The molecule has 0 radical (unpaired) electrons. The van der Waals surface area contributed by atoms with Gasteiger partial charge in [0, 0.05) is 24.2 Å². The summed E-state index contributed by atoms with van der Waals surface area (Å²) in [5.74, 6) is -2.03. The highest BCUT2D eigenvalue weighted by molar-refractivity contribution is 5.98. The molecular formula is C17H29NO5. The molecule has 0 aromatic rings. The molecule has 1 rings (SSSR count). The second-order valence-electron chi connectivity index (χ2n) is 6.20. The van der Waals surface area contributed by atoms with Crippen molar-refractivity contribution >= 4 is 11.9 Å². The third-order valence-electron chi connectivity index (χ3n) is 4.38. The van der Waals surface area contributed by atoms with Crippen LogP contribution in [0.4, 0.5) is 0 Å². The molecule has 1 aliphatic rings. The summed E-state index contributed by atoms with van der Waals surface area (Å²) in [5.41, 5.74) is 0.137. The summed E-state index contributed by atoms with van der Waals surface area (Å²) in [4.78, 5) is 25.2. The Balaban J connectivity index is 2.58. The van der Waals surface area contributed by atoms with E-state index in [1.807, 2.05) is 13.8 Å². The molecule has 0 bridgehead atoms. The molecule has 0 saturated carbocycles. The Kier molecular flexibility index (Phi) is 8.87. The number of carbonyl (C=O) groups is 2. The summed E-state index contributed by atoms with van der Waals surface area (Å²) >= 11 is 0. The Hall–Kier alpha value is -1.40. The Morgan fingerprint density at radius 3 is 2.22 bits per heavy atom. The van der Waals surface area contributed by atoms with Gasteiger partial charge in [-0.3, -0.25) is 4.90 Å². The van der Waals surface area contributed by atoms with Crippen LogP contribution in [0, 0.1) is 5.92 Å². The number of nitrogens with zero attached hydrogens (tertiary/aromatic N) is 1. The van der Waals surface area contributed by atoms with Gasteiger partial charge in [0.2, 0.25) is 0 Å². The van der Waals surface area contributed by atoms with Crippen LogP contribution in [-0.4, -0.2) is 59.9 Å². The fraction of sp³-hybridized carbons (Fsp3) is 0.765. The van der Waals surface area contributed by atoms with Gasteiger partial charge in [-0.2, -0.15) is 0 Å². The molecule has 0 amide bonds. The van der Waals surface area contributed by atoms with Crippen LogP contribution in [0.5, 0.6) is 0 Å². The topological polar surface area (TPSA) is 87.1 Å². The molecule has 1 saturated heterocycles. The molecule has 1 aliphatic heterocycles. The van der Waals surface area contributed by atoms with E-state index in [9.17, 15) is 19.8 Å². The number of unbranched alkanes of at least 4 members (excludes halogenated alkanes) is 1. The number of morpholine rings is 1. The van der Waals surface area contributed by atoms with Crippen molar-refractivity contribution in [3.8, 4) is 0 Å². The Morgan fingerprint density at radius 2 is 1.70 bits per heavy atom. The van der Waals surface area contributed by atoms with E-state index in [2.05, 4.69) is 4.90 Å². The van der Waals surface area contributed by atoms with Crippen LogP contribution in [0.1, 0.15) is 46.0 Å². The first kappa shape index (κ1) is 19.6. The van der Waals surface area contributed by atoms with Crippen molar-refractivity contribution in [1.29, 1.82) is 0 Å². The number of carboxylic acid groups (broad SMARTS) is 2. The third kappa shape index (κ3) is 7.14. The van der Waals surface area contributed by atoms with Gasteiger partial charge in [0.05, 0.1) is 13.2 Å². The second kappa shape index (κ2) is 10.4. The fourth-order valence-electron chi connectivity index (χ4n) is 2.68. The lowest BCUT2D eigenvalue weighted by molar-refractivity contribution is -0.136. The molecule has 1 fully saturated rings. The molecule has 1 unspecified atom stereocenters. The first-order valence-electron chi connectivity index (χ1n) is 8.44. The van der Waals surface area contributed by atoms with Crippen molar-refractivity contribution in [2.75, 3.05) is 32.8 Å². The van der Waals surface area contributed by atoms with E-state index in [4.69, 9.17) is 4.74 Å². The molecule has 1 atom stereocenters. The molecule has 6 heteroatoms. The minimum absolute atomic E-state index is 0.0678. The predicted molar refractivity (Wildman–Crippen MR) is 87.5 cm³/mol. The van der Waals surface area contributed by atoms with Crippen molar-refractivity contribution in [1.82, 2.24) is 4.90 Å². The number of ether oxygens (including phenoxy) is 1. The van der Waals surface area contributed by atoms with E-state index in [0.29, 0.717) is 19.3 Å². The molecular weight excluding hydrogens is 298 g/mol. The normalized spacial score (nSPS) is 18.3.